The van der Waals surface area contributed by atoms with Crippen molar-refractivity contribution in [2.45, 2.75) is 71.5 Å². The molecule has 2 aliphatic rings. The van der Waals surface area contributed by atoms with Gasteiger partial charge in [0.25, 0.3) is 0 Å². The third-order valence-electron chi connectivity index (χ3n) is 10.6. The van der Waals surface area contributed by atoms with E-state index in [1.807, 2.05) is 54.2 Å². The third kappa shape index (κ3) is 7.00. The molecule has 7 rings (SSSR count). The first-order chi connectivity index (χ1) is 24.9. The quantitative estimate of drug-likeness (QED) is 0.146. The minimum absolute atomic E-state index is 0.0153. The maximum absolute atomic E-state index is 14.2. The second kappa shape index (κ2) is 15.1. The topological polar surface area (TPSA) is 101 Å². The van der Waals surface area contributed by atoms with Crippen LogP contribution in [0.1, 0.15) is 88.7 Å². The summed E-state index contributed by atoms with van der Waals surface area (Å²) >= 11 is 0. The van der Waals surface area contributed by atoms with Crippen LogP contribution >= 0.6 is 0 Å². The Morgan fingerprint density at radius 1 is 0.686 bits per heavy atom. The highest BCUT2D eigenvalue weighted by Gasteiger charge is 2.38. The lowest BCUT2D eigenvalue weighted by molar-refractivity contribution is -0.138. The number of nitrogens with zero attached hydrogens (tertiary/aromatic N) is 5. The van der Waals surface area contributed by atoms with Gasteiger partial charge in [-0.15, -0.1) is 0 Å². The Bertz CT molecular complexity index is 1930. The van der Waals surface area contributed by atoms with E-state index in [0.29, 0.717) is 0 Å². The molecule has 2 N–H and O–H groups in total. The van der Waals surface area contributed by atoms with Crippen LogP contribution in [0.5, 0.6) is 0 Å². The molecule has 0 aliphatic carbocycles. The van der Waals surface area contributed by atoms with Gasteiger partial charge in [0.05, 0.1) is 35.9 Å². The van der Waals surface area contributed by atoms with Gasteiger partial charge in [-0.2, -0.15) is 0 Å². The number of amides is 2. The highest BCUT2D eigenvalue weighted by atomic mass is 16.2. The molecule has 9 heteroatoms. The number of nitrogens with one attached hydrogen (secondary N) is 2. The zero-order valence-corrected chi connectivity index (χ0v) is 30.2. The highest BCUT2D eigenvalue weighted by molar-refractivity contribution is 5.84. The van der Waals surface area contributed by atoms with E-state index in [-0.39, 0.29) is 35.9 Å². The summed E-state index contributed by atoms with van der Waals surface area (Å²) in [6.45, 7) is 11.3. The van der Waals surface area contributed by atoms with E-state index in [1.54, 1.807) is 0 Å². The molecule has 2 fully saturated rings. The fraction of sp³-hybridized carbons (Fsp3) is 0.381. The van der Waals surface area contributed by atoms with Crippen LogP contribution < -0.4 is 0 Å². The molecule has 0 spiro atoms. The fourth-order valence-corrected chi connectivity index (χ4v) is 7.84. The standard InChI is InChI=1S/C42H49N7O2/c1-5-47(6-2)38(33-12-8-7-9-13-33)42(51)49-25-11-15-37(49)40-44-27-35(46-40)32-22-18-30(19-23-32)29-16-20-31(21-17-29)34-26-43-39(45-34)36-14-10-24-48(36)41(50)28(3)4/h7-9,12-13,16-23,26-28,36-38H,5-6,10-11,14-15,24-25H2,1-4H3,(H,43,45)(H,44,46)/t36-,37-,38+/m0/s1. The molecule has 51 heavy (non-hydrogen) atoms. The smallest absolute Gasteiger partial charge is 0.245 e. The molecule has 4 heterocycles. The summed E-state index contributed by atoms with van der Waals surface area (Å²) in [6, 6.07) is 26.8. The maximum Gasteiger partial charge on any atom is 0.245 e. The van der Waals surface area contributed by atoms with Gasteiger partial charge in [-0.3, -0.25) is 14.5 Å². The van der Waals surface area contributed by atoms with Crippen molar-refractivity contribution in [1.29, 1.82) is 0 Å². The number of carbonyl (C=O) groups is 2. The molecule has 0 radical (unpaired) electrons. The van der Waals surface area contributed by atoms with Crippen molar-refractivity contribution in [3.63, 3.8) is 0 Å². The molecule has 3 aromatic carbocycles. The van der Waals surface area contributed by atoms with E-state index < -0.39 is 0 Å². The van der Waals surface area contributed by atoms with E-state index >= 15 is 0 Å². The van der Waals surface area contributed by atoms with Gasteiger partial charge in [0.1, 0.15) is 17.7 Å². The lowest BCUT2D eigenvalue weighted by Crippen LogP contribution is -2.43. The summed E-state index contributed by atoms with van der Waals surface area (Å²) in [4.78, 5) is 49.7. The zero-order chi connectivity index (χ0) is 35.5. The Hall–Kier alpha value is -5.02. The number of imidazole rings is 2. The second-order valence-electron chi connectivity index (χ2n) is 14.1. The third-order valence-corrected chi connectivity index (χ3v) is 10.6. The van der Waals surface area contributed by atoms with Crippen molar-refractivity contribution in [3.05, 3.63) is 108 Å². The molecule has 5 aromatic rings. The molecule has 2 aromatic heterocycles. The van der Waals surface area contributed by atoms with Crippen LogP contribution in [0.4, 0.5) is 0 Å². The summed E-state index contributed by atoms with van der Waals surface area (Å²) in [6.07, 6.45) is 7.55. The number of rotatable bonds is 11. The first kappa shape index (κ1) is 34.4. The van der Waals surface area contributed by atoms with Gasteiger partial charge >= 0.3 is 0 Å². The van der Waals surface area contributed by atoms with Gasteiger partial charge < -0.3 is 19.8 Å². The fourth-order valence-electron chi connectivity index (χ4n) is 7.84. The molecule has 3 atom stereocenters. The van der Waals surface area contributed by atoms with Crippen LogP contribution in [-0.2, 0) is 9.59 Å². The second-order valence-corrected chi connectivity index (χ2v) is 14.1. The number of hydrogen-bond acceptors (Lipinski definition) is 5. The van der Waals surface area contributed by atoms with Crippen molar-refractivity contribution in [1.82, 2.24) is 34.6 Å². The predicted octanol–water partition coefficient (Wildman–Crippen LogP) is 8.20. The van der Waals surface area contributed by atoms with Gasteiger partial charge in [0, 0.05) is 19.0 Å². The van der Waals surface area contributed by atoms with Gasteiger partial charge in [-0.05, 0) is 66.6 Å². The average Bonchev–Trinajstić information content (AvgIpc) is 4.00. The first-order valence-electron chi connectivity index (χ1n) is 18.6. The summed E-state index contributed by atoms with van der Waals surface area (Å²) in [7, 11) is 0. The molecule has 2 aliphatic heterocycles. The number of carbonyl (C=O) groups excluding carboxylic acids is 2. The monoisotopic (exact) mass is 683 g/mol. The average molecular weight is 684 g/mol. The summed E-state index contributed by atoms with van der Waals surface area (Å²) in [5, 5.41) is 0. The Balaban J connectivity index is 1.03. The summed E-state index contributed by atoms with van der Waals surface area (Å²) in [5.74, 6) is 2.02. The first-order valence-corrected chi connectivity index (χ1v) is 18.6. The van der Waals surface area contributed by atoms with Crippen LogP contribution in [-0.4, -0.2) is 72.6 Å². The molecule has 0 unspecified atom stereocenters. The Labute approximate surface area is 301 Å². The number of hydrogen-bond donors (Lipinski definition) is 2. The molecular formula is C42H49N7O2. The number of aromatic amines is 2. The van der Waals surface area contributed by atoms with Crippen molar-refractivity contribution < 1.29 is 9.59 Å². The van der Waals surface area contributed by atoms with Crippen LogP contribution in [0.25, 0.3) is 33.6 Å². The molecule has 9 nitrogen and oxygen atoms in total. The molecule has 2 amide bonds. The lowest BCUT2D eigenvalue weighted by Gasteiger charge is -2.34. The largest absolute Gasteiger partial charge is 0.340 e. The van der Waals surface area contributed by atoms with Gasteiger partial charge in [-0.25, -0.2) is 9.97 Å². The van der Waals surface area contributed by atoms with Crippen molar-refractivity contribution in [3.8, 4) is 33.6 Å². The van der Waals surface area contributed by atoms with Crippen molar-refractivity contribution in [2.75, 3.05) is 26.2 Å². The molecule has 0 bridgehead atoms. The molecule has 264 valence electrons. The molecule has 0 saturated carbocycles. The predicted molar refractivity (Wildman–Crippen MR) is 201 cm³/mol. The van der Waals surface area contributed by atoms with Gasteiger partial charge in [0.15, 0.2) is 0 Å². The lowest BCUT2D eigenvalue weighted by atomic mass is 10.0. The van der Waals surface area contributed by atoms with Crippen LogP contribution in [0, 0.1) is 5.92 Å². The van der Waals surface area contributed by atoms with E-state index in [9.17, 15) is 9.59 Å². The Morgan fingerprint density at radius 3 is 1.59 bits per heavy atom. The van der Waals surface area contributed by atoms with Gasteiger partial charge in [0.2, 0.25) is 11.8 Å². The van der Waals surface area contributed by atoms with Crippen LogP contribution in [0.2, 0.25) is 0 Å². The van der Waals surface area contributed by atoms with E-state index in [1.165, 1.54) is 0 Å². The number of benzene rings is 3. The maximum atomic E-state index is 14.2. The molecular weight excluding hydrogens is 635 g/mol. The van der Waals surface area contributed by atoms with E-state index in [4.69, 9.17) is 4.98 Å². The molecule has 2 saturated heterocycles. The van der Waals surface area contributed by atoms with Gasteiger partial charge in [-0.1, -0.05) is 107 Å². The summed E-state index contributed by atoms with van der Waals surface area (Å²) < 4.78 is 0. The minimum Gasteiger partial charge on any atom is -0.340 e. The van der Waals surface area contributed by atoms with Crippen molar-refractivity contribution in [2.24, 2.45) is 5.92 Å². The Morgan fingerprint density at radius 2 is 1.14 bits per heavy atom. The van der Waals surface area contributed by atoms with Crippen molar-refractivity contribution >= 4 is 11.8 Å². The van der Waals surface area contributed by atoms with Crippen LogP contribution in [0.15, 0.2) is 91.3 Å². The highest BCUT2D eigenvalue weighted by Crippen LogP contribution is 2.36. The van der Waals surface area contributed by atoms with Crippen LogP contribution in [0.3, 0.4) is 0 Å². The summed E-state index contributed by atoms with van der Waals surface area (Å²) in [5.41, 5.74) is 7.30. The van der Waals surface area contributed by atoms with E-state index in [2.05, 4.69) is 94.4 Å². The normalized spacial score (nSPS) is 18.2. The number of aromatic nitrogens is 4. The zero-order valence-electron chi connectivity index (χ0n) is 30.2. The Kier molecular flexibility index (Phi) is 10.2. The SMILES string of the molecule is CCN(CC)[C@@H](C(=O)N1CCC[C@H]1c1ncc(-c2ccc(-c3ccc(-c4cnc([C@@H]5CCCN5C(=O)C(C)C)[nH]4)cc3)cc2)[nH]1)c1ccccc1. The number of likely N-dealkylation sites (N-methyl/N-ethyl adjacent to an activating group) is 1. The minimum atomic E-state index is -0.306. The number of H-pyrrole nitrogens is 2. The van der Waals surface area contributed by atoms with E-state index in [0.717, 1.165) is 103 Å². The number of likely N-dealkylation sites (tertiary alicyclic amines) is 2.